The Morgan fingerprint density at radius 2 is 1.91 bits per heavy atom. The van der Waals surface area contributed by atoms with Gasteiger partial charge in [0.25, 0.3) is 5.91 Å². The van der Waals surface area contributed by atoms with Gasteiger partial charge in [-0.05, 0) is 66.1 Å². The Balaban J connectivity index is 1.19. The summed E-state index contributed by atoms with van der Waals surface area (Å²) >= 11 is 1.43. The van der Waals surface area contributed by atoms with E-state index < -0.39 is 11.8 Å². The second-order valence-corrected chi connectivity index (χ2v) is 9.15. The number of amides is 3. The first-order valence-corrected chi connectivity index (χ1v) is 12.1. The van der Waals surface area contributed by atoms with Crippen LogP contribution in [0.15, 0.2) is 66.2 Å². The third kappa shape index (κ3) is 4.45. The molecule has 1 aliphatic rings. The highest BCUT2D eigenvalue weighted by Gasteiger charge is 2.25. The molecule has 0 aliphatic carbocycles. The Bertz CT molecular complexity index is 1360. The molecular weight excluding hydrogens is 448 g/mol. The molecule has 0 bridgehead atoms. The number of carbonyl (C=O) groups excluding carboxylic acids is 3. The van der Waals surface area contributed by atoms with Gasteiger partial charge in [-0.1, -0.05) is 24.3 Å². The van der Waals surface area contributed by atoms with Gasteiger partial charge in [0, 0.05) is 41.6 Å². The van der Waals surface area contributed by atoms with Gasteiger partial charge >= 0.3 is 11.8 Å². The van der Waals surface area contributed by atoms with E-state index in [-0.39, 0.29) is 5.91 Å². The third-order valence-electron chi connectivity index (χ3n) is 5.99. The van der Waals surface area contributed by atoms with Crippen molar-refractivity contribution in [1.82, 2.24) is 10.3 Å². The lowest BCUT2D eigenvalue weighted by molar-refractivity contribution is -0.136. The minimum absolute atomic E-state index is 0.0117. The van der Waals surface area contributed by atoms with Gasteiger partial charge < -0.3 is 20.5 Å². The molecule has 172 valence electrons. The van der Waals surface area contributed by atoms with Crippen LogP contribution in [0, 0.1) is 0 Å². The fourth-order valence-corrected chi connectivity index (χ4v) is 5.01. The molecule has 34 heavy (non-hydrogen) atoms. The summed E-state index contributed by atoms with van der Waals surface area (Å²) in [6.45, 7) is 1.02. The maximum atomic E-state index is 12.8. The maximum Gasteiger partial charge on any atom is 0.313 e. The van der Waals surface area contributed by atoms with E-state index in [9.17, 15) is 14.4 Å². The van der Waals surface area contributed by atoms with Crippen LogP contribution in [0.1, 0.15) is 27.2 Å². The predicted octanol–water partition coefficient (Wildman–Crippen LogP) is 4.12. The first-order valence-electron chi connectivity index (χ1n) is 11.2. The number of fused-ring (bicyclic) bond motifs is 2. The van der Waals surface area contributed by atoms with Gasteiger partial charge in [0.1, 0.15) is 0 Å². The number of nitrogens with zero attached hydrogens (tertiary/aromatic N) is 1. The van der Waals surface area contributed by atoms with Crippen LogP contribution in [-0.2, 0) is 22.4 Å². The standard InChI is InChI=1S/C26H24N4O3S/c31-24(27-12-11-18-16-28-21-7-2-1-6-20(18)21)25(32)29-19-9-10-22-17(15-19)5-3-13-30(22)26(33)23-8-4-14-34-23/h1-2,4,6-10,14-16,28H,3,5,11-13H2,(H,27,31)(H,29,32). The zero-order chi connectivity index (χ0) is 23.5. The average Bonchev–Trinajstić information content (AvgIpc) is 3.54. The topological polar surface area (TPSA) is 94.3 Å². The van der Waals surface area contributed by atoms with E-state index in [2.05, 4.69) is 15.6 Å². The number of aromatic amines is 1. The highest BCUT2D eigenvalue weighted by Crippen LogP contribution is 2.31. The zero-order valence-corrected chi connectivity index (χ0v) is 19.3. The van der Waals surface area contributed by atoms with Crippen molar-refractivity contribution in [2.75, 3.05) is 23.3 Å². The molecule has 8 heteroatoms. The monoisotopic (exact) mass is 472 g/mol. The number of H-pyrrole nitrogens is 1. The number of nitrogens with one attached hydrogen (secondary N) is 3. The molecule has 0 fully saturated rings. The third-order valence-corrected chi connectivity index (χ3v) is 6.85. The van der Waals surface area contributed by atoms with Crippen LogP contribution in [0.3, 0.4) is 0 Å². The SMILES string of the molecule is O=C(NCCc1c[nH]c2ccccc12)C(=O)Nc1ccc2c(c1)CCCN2C(=O)c1cccs1. The molecule has 3 amide bonds. The minimum atomic E-state index is -0.707. The van der Waals surface area contributed by atoms with Gasteiger partial charge in [0.15, 0.2) is 0 Å². The summed E-state index contributed by atoms with van der Waals surface area (Å²) in [5, 5.41) is 8.37. The number of aryl methyl sites for hydroxylation is 1. The van der Waals surface area contributed by atoms with Gasteiger partial charge in [0.05, 0.1) is 4.88 Å². The Morgan fingerprint density at radius 1 is 1.03 bits per heavy atom. The van der Waals surface area contributed by atoms with E-state index in [1.165, 1.54) is 11.3 Å². The highest BCUT2D eigenvalue weighted by atomic mass is 32.1. The number of para-hydroxylation sites is 1. The number of benzene rings is 2. The molecule has 0 saturated heterocycles. The van der Waals surface area contributed by atoms with Crippen molar-refractivity contribution >= 4 is 51.3 Å². The molecule has 0 spiro atoms. The van der Waals surface area contributed by atoms with Crippen LogP contribution in [0.4, 0.5) is 11.4 Å². The number of hydrogen-bond donors (Lipinski definition) is 3. The van der Waals surface area contributed by atoms with Crippen LogP contribution in [0.25, 0.3) is 10.9 Å². The average molecular weight is 473 g/mol. The summed E-state index contributed by atoms with van der Waals surface area (Å²) in [4.78, 5) is 43.3. The Labute approximate surface area is 200 Å². The predicted molar refractivity (Wildman–Crippen MR) is 134 cm³/mol. The summed E-state index contributed by atoms with van der Waals surface area (Å²) in [5.41, 5.74) is 4.51. The van der Waals surface area contributed by atoms with Crippen LogP contribution in [0.5, 0.6) is 0 Å². The van der Waals surface area contributed by atoms with Gasteiger partial charge in [-0.3, -0.25) is 14.4 Å². The van der Waals surface area contributed by atoms with Gasteiger partial charge in [-0.15, -0.1) is 11.3 Å². The minimum Gasteiger partial charge on any atom is -0.361 e. The number of carbonyl (C=O) groups is 3. The molecule has 1 aliphatic heterocycles. The second-order valence-electron chi connectivity index (χ2n) is 8.20. The van der Waals surface area contributed by atoms with Crippen molar-refractivity contribution in [3.63, 3.8) is 0 Å². The largest absolute Gasteiger partial charge is 0.361 e. The second kappa shape index (κ2) is 9.52. The molecule has 4 aromatic rings. The van der Waals surface area contributed by atoms with Gasteiger partial charge in [0.2, 0.25) is 0 Å². The lowest BCUT2D eigenvalue weighted by atomic mass is 10.0. The van der Waals surface area contributed by atoms with Gasteiger partial charge in [-0.25, -0.2) is 0 Å². The van der Waals surface area contributed by atoms with Crippen LogP contribution >= 0.6 is 11.3 Å². The van der Waals surface area contributed by atoms with E-state index in [1.807, 2.05) is 60.1 Å². The molecule has 0 atom stereocenters. The number of anilines is 2. The van der Waals surface area contributed by atoms with Crippen molar-refractivity contribution in [3.8, 4) is 0 Å². The van der Waals surface area contributed by atoms with Crippen LogP contribution in [-0.4, -0.2) is 35.8 Å². The smallest absolute Gasteiger partial charge is 0.313 e. The van der Waals surface area contributed by atoms with E-state index >= 15 is 0 Å². The molecule has 0 radical (unpaired) electrons. The first kappa shape index (κ1) is 21.9. The van der Waals surface area contributed by atoms with Gasteiger partial charge in [-0.2, -0.15) is 0 Å². The van der Waals surface area contributed by atoms with Crippen molar-refractivity contribution in [1.29, 1.82) is 0 Å². The van der Waals surface area contributed by atoms with E-state index in [0.717, 1.165) is 40.6 Å². The summed E-state index contributed by atoms with van der Waals surface area (Å²) in [5.74, 6) is -1.39. The normalized spacial score (nSPS) is 12.9. The first-order chi connectivity index (χ1) is 16.6. The summed E-state index contributed by atoms with van der Waals surface area (Å²) in [6.07, 6.45) is 4.20. The highest BCUT2D eigenvalue weighted by molar-refractivity contribution is 7.12. The zero-order valence-electron chi connectivity index (χ0n) is 18.5. The number of thiophene rings is 1. The van der Waals surface area contributed by atoms with E-state index in [0.29, 0.717) is 30.1 Å². The number of aromatic nitrogens is 1. The Kier molecular flexibility index (Phi) is 6.14. The number of hydrogen-bond acceptors (Lipinski definition) is 4. The summed E-state index contributed by atoms with van der Waals surface area (Å²) in [7, 11) is 0. The molecule has 2 aromatic carbocycles. The molecule has 3 heterocycles. The summed E-state index contributed by atoms with van der Waals surface area (Å²) < 4.78 is 0. The molecule has 0 saturated carbocycles. The lowest BCUT2D eigenvalue weighted by Crippen LogP contribution is -2.37. The summed E-state index contributed by atoms with van der Waals surface area (Å²) in [6, 6.07) is 17.1. The fourth-order valence-electron chi connectivity index (χ4n) is 4.34. The number of rotatable bonds is 5. The Morgan fingerprint density at radius 3 is 2.76 bits per heavy atom. The van der Waals surface area contributed by atoms with E-state index in [1.54, 1.807) is 11.0 Å². The molecule has 3 N–H and O–H groups in total. The van der Waals surface area contributed by atoms with E-state index in [4.69, 9.17) is 0 Å². The molecule has 2 aromatic heterocycles. The molecule has 7 nitrogen and oxygen atoms in total. The van der Waals surface area contributed by atoms with Crippen molar-refractivity contribution in [2.45, 2.75) is 19.3 Å². The van der Waals surface area contributed by atoms with Crippen molar-refractivity contribution < 1.29 is 14.4 Å². The van der Waals surface area contributed by atoms with Crippen LogP contribution < -0.4 is 15.5 Å². The molecule has 5 rings (SSSR count). The Hall–Kier alpha value is -3.91. The maximum absolute atomic E-state index is 12.8. The van der Waals surface area contributed by atoms with Crippen molar-refractivity contribution in [3.05, 3.63) is 82.2 Å². The molecular formula is C26H24N4O3S. The lowest BCUT2D eigenvalue weighted by Gasteiger charge is -2.29. The van der Waals surface area contributed by atoms with Crippen molar-refractivity contribution in [2.24, 2.45) is 0 Å². The van der Waals surface area contributed by atoms with Crippen LogP contribution in [0.2, 0.25) is 0 Å². The quantitative estimate of drug-likeness (QED) is 0.382. The molecule has 0 unspecified atom stereocenters. The fraction of sp³-hybridized carbons (Fsp3) is 0.192.